The molecule has 2 aliphatic heterocycles. The molecule has 1 N–H and O–H groups in total. The Morgan fingerprint density at radius 1 is 1.07 bits per heavy atom. The summed E-state index contributed by atoms with van der Waals surface area (Å²) in [5.41, 5.74) is 5.44. The molecule has 0 saturated carbocycles. The van der Waals surface area contributed by atoms with E-state index in [1.165, 1.54) is 49.0 Å². The lowest BCUT2D eigenvalue weighted by Gasteiger charge is -2.36. The van der Waals surface area contributed by atoms with Crippen molar-refractivity contribution in [2.75, 3.05) is 13.1 Å². The largest absolute Gasteiger partial charge is 0.379 e. The molecule has 0 aliphatic carbocycles. The molecule has 0 atom stereocenters. The highest BCUT2D eigenvalue weighted by Crippen LogP contribution is 2.31. The molecule has 1 fully saturated rings. The number of carbonyl (C=O) groups excluding carboxylic acids is 1. The molecule has 28 heavy (non-hydrogen) atoms. The number of fused-ring (bicyclic) bond motifs is 1. The maximum atomic E-state index is 12.8. The van der Waals surface area contributed by atoms with E-state index in [4.69, 9.17) is 0 Å². The van der Waals surface area contributed by atoms with Gasteiger partial charge < -0.3 is 5.32 Å². The number of nitrogens with one attached hydrogen (secondary N) is 1. The highest BCUT2D eigenvalue weighted by atomic mass is 16.1. The summed E-state index contributed by atoms with van der Waals surface area (Å²) in [6.45, 7) is 7.77. The third-order valence-corrected chi connectivity index (χ3v) is 5.76. The van der Waals surface area contributed by atoms with E-state index in [-0.39, 0.29) is 11.3 Å². The van der Waals surface area contributed by atoms with Gasteiger partial charge in [-0.15, -0.1) is 0 Å². The van der Waals surface area contributed by atoms with Gasteiger partial charge in [-0.1, -0.05) is 48.9 Å². The Morgan fingerprint density at radius 2 is 1.82 bits per heavy atom. The standard InChI is InChI=1S/C25H30N2O/c1-25(2)17-21-12-11-19(18-27-13-7-4-8-14-27)15-22(21)23(26-25)16-24(28)20-9-5-3-6-10-20/h3,5-6,9-12,15-16,26H,4,7-8,13-14,17-18H2,1-2H3. The normalized spacial score (nSPS) is 20.4. The van der Waals surface area contributed by atoms with Gasteiger partial charge in [0.2, 0.25) is 0 Å². The van der Waals surface area contributed by atoms with Crippen LogP contribution in [0.1, 0.15) is 60.2 Å². The average molecular weight is 375 g/mol. The number of hydrogen-bond acceptors (Lipinski definition) is 3. The topological polar surface area (TPSA) is 32.3 Å². The molecule has 2 heterocycles. The minimum atomic E-state index is -0.0653. The predicted molar refractivity (Wildman–Crippen MR) is 115 cm³/mol. The Balaban J connectivity index is 1.65. The molecule has 2 aromatic carbocycles. The van der Waals surface area contributed by atoms with Crippen LogP contribution in [0.2, 0.25) is 0 Å². The Morgan fingerprint density at radius 3 is 2.57 bits per heavy atom. The van der Waals surface area contributed by atoms with Crippen molar-refractivity contribution in [3.8, 4) is 0 Å². The zero-order valence-corrected chi connectivity index (χ0v) is 17.0. The van der Waals surface area contributed by atoms with Gasteiger partial charge in [0.15, 0.2) is 5.78 Å². The minimum Gasteiger partial charge on any atom is -0.379 e. The number of likely N-dealkylation sites (tertiary alicyclic amines) is 1. The van der Waals surface area contributed by atoms with E-state index in [9.17, 15) is 4.79 Å². The van der Waals surface area contributed by atoms with Gasteiger partial charge in [0.25, 0.3) is 0 Å². The molecule has 0 aromatic heterocycles. The van der Waals surface area contributed by atoms with E-state index in [1.54, 1.807) is 6.08 Å². The van der Waals surface area contributed by atoms with Gasteiger partial charge in [-0.05, 0) is 63.4 Å². The first-order valence-corrected chi connectivity index (χ1v) is 10.4. The summed E-state index contributed by atoms with van der Waals surface area (Å²) >= 11 is 0. The average Bonchev–Trinajstić information content (AvgIpc) is 2.69. The van der Waals surface area contributed by atoms with Gasteiger partial charge in [-0.2, -0.15) is 0 Å². The summed E-state index contributed by atoms with van der Waals surface area (Å²) in [6.07, 6.45) is 6.70. The second-order valence-electron chi connectivity index (χ2n) is 8.80. The van der Waals surface area contributed by atoms with Crippen molar-refractivity contribution >= 4 is 11.5 Å². The molecular weight excluding hydrogens is 344 g/mol. The molecule has 2 aliphatic rings. The van der Waals surface area contributed by atoms with Crippen LogP contribution in [0.4, 0.5) is 0 Å². The monoisotopic (exact) mass is 374 g/mol. The Bertz CT molecular complexity index is 877. The van der Waals surface area contributed by atoms with E-state index in [0.717, 1.165) is 24.2 Å². The van der Waals surface area contributed by atoms with Crippen LogP contribution in [0.15, 0.2) is 54.6 Å². The van der Waals surface area contributed by atoms with Crippen LogP contribution >= 0.6 is 0 Å². The molecule has 0 spiro atoms. The van der Waals surface area contributed by atoms with Crippen LogP contribution in [0, 0.1) is 0 Å². The quantitative estimate of drug-likeness (QED) is 0.615. The van der Waals surface area contributed by atoms with E-state index in [2.05, 4.69) is 42.3 Å². The number of rotatable bonds is 4. The first kappa shape index (κ1) is 18.9. The van der Waals surface area contributed by atoms with Crippen LogP contribution in [-0.4, -0.2) is 29.3 Å². The second-order valence-corrected chi connectivity index (χ2v) is 8.80. The Labute approximate surface area is 168 Å². The van der Waals surface area contributed by atoms with Gasteiger partial charge in [-0.25, -0.2) is 0 Å². The van der Waals surface area contributed by atoms with Gasteiger partial charge in [-0.3, -0.25) is 9.69 Å². The number of carbonyl (C=O) groups is 1. The third-order valence-electron chi connectivity index (χ3n) is 5.76. The van der Waals surface area contributed by atoms with E-state index < -0.39 is 0 Å². The maximum absolute atomic E-state index is 12.8. The van der Waals surface area contributed by atoms with Crippen molar-refractivity contribution < 1.29 is 4.79 Å². The van der Waals surface area contributed by atoms with E-state index in [1.807, 2.05) is 30.3 Å². The first-order chi connectivity index (χ1) is 13.5. The van der Waals surface area contributed by atoms with Crippen LogP contribution in [-0.2, 0) is 13.0 Å². The first-order valence-electron chi connectivity index (χ1n) is 10.4. The fourth-order valence-corrected chi connectivity index (χ4v) is 4.39. The van der Waals surface area contributed by atoms with Crippen molar-refractivity contribution in [3.05, 3.63) is 76.9 Å². The van der Waals surface area contributed by atoms with Crippen molar-refractivity contribution in [1.82, 2.24) is 10.2 Å². The van der Waals surface area contributed by atoms with Crippen molar-refractivity contribution in [3.63, 3.8) is 0 Å². The molecule has 2 aromatic rings. The van der Waals surface area contributed by atoms with E-state index in [0.29, 0.717) is 0 Å². The molecule has 0 amide bonds. The third kappa shape index (κ3) is 4.36. The number of nitrogens with zero attached hydrogens (tertiary/aromatic N) is 1. The van der Waals surface area contributed by atoms with E-state index >= 15 is 0 Å². The fourth-order valence-electron chi connectivity index (χ4n) is 4.39. The number of hydrogen-bond donors (Lipinski definition) is 1. The molecule has 146 valence electrons. The molecule has 4 rings (SSSR count). The summed E-state index contributed by atoms with van der Waals surface area (Å²) in [5.74, 6) is 0.0492. The van der Waals surface area contributed by atoms with Crippen LogP contribution in [0.5, 0.6) is 0 Å². The Hall–Kier alpha value is -2.39. The second kappa shape index (κ2) is 7.92. The maximum Gasteiger partial charge on any atom is 0.187 e. The predicted octanol–water partition coefficient (Wildman–Crippen LogP) is 4.82. The summed E-state index contributed by atoms with van der Waals surface area (Å²) < 4.78 is 0. The van der Waals surface area contributed by atoms with Gasteiger partial charge >= 0.3 is 0 Å². The molecule has 0 unspecified atom stereocenters. The van der Waals surface area contributed by atoms with Crippen molar-refractivity contribution in [2.24, 2.45) is 0 Å². The molecule has 3 heteroatoms. The van der Waals surface area contributed by atoms with Crippen LogP contribution < -0.4 is 5.32 Å². The lowest BCUT2D eigenvalue weighted by Crippen LogP contribution is -2.44. The highest BCUT2D eigenvalue weighted by Gasteiger charge is 2.28. The smallest absolute Gasteiger partial charge is 0.187 e. The molecule has 1 saturated heterocycles. The van der Waals surface area contributed by atoms with Crippen LogP contribution in [0.25, 0.3) is 5.70 Å². The fraction of sp³-hybridized carbons (Fsp3) is 0.400. The zero-order valence-electron chi connectivity index (χ0n) is 17.0. The number of benzene rings is 2. The lowest BCUT2D eigenvalue weighted by atomic mass is 9.84. The molecule has 0 bridgehead atoms. The number of ketones is 1. The van der Waals surface area contributed by atoms with Gasteiger partial charge in [0.05, 0.1) is 0 Å². The highest BCUT2D eigenvalue weighted by molar-refractivity contribution is 6.08. The minimum absolute atomic E-state index is 0.0492. The number of allylic oxidation sites excluding steroid dienone is 1. The zero-order chi connectivity index (χ0) is 19.6. The van der Waals surface area contributed by atoms with Gasteiger partial charge in [0, 0.05) is 35.0 Å². The van der Waals surface area contributed by atoms with Crippen LogP contribution in [0.3, 0.4) is 0 Å². The van der Waals surface area contributed by atoms with Gasteiger partial charge in [0.1, 0.15) is 0 Å². The SMILES string of the molecule is CC1(C)Cc2ccc(CN3CCCCC3)cc2C(=CC(=O)c2ccccc2)N1. The molecule has 3 nitrogen and oxygen atoms in total. The summed E-state index contributed by atoms with van der Waals surface area (Å²) in [5, 5.41) is 3.61. The molecular formula is C25H30N2O. The summed E-state index contributed by atoms with van der Waals surface area (Å²) in [4.78, 5) is 15.4. The number of piperidine rings is 1. The van der Waals surface area contributed by atoms with Crippen molar-refractivity contribution in [2.45, 2.75) is 51.6 Å². The summed E-state index contributed by atoms with van der Waals surface area (Å²) in [7, 11) is 0. The summed E-state index contributed by atoms with van der Waals surface area (Å²) in [6, 6.07) is 16.3. The molecule has 0 radical (unpaired) electrons. The lowest BCUT2D eigenvalue weighted by molar-refractivity contribution is 0.104. The van der Waals surface area contributed by atoms with Crippen molar-refractivity contribution in [1.29, 1.82) is 0 Å². The Kier molecular flexibility index (Phi) is 5.36.